The summed E-state index contributed by atoms with van der Waals surface area (Å²) in [6, 6.07) is 16.6. The van der Waals surface area contributed by atoms with Crippen LogP contribution >= 0.6 is 24.2 Å². The summed E-state index contributed by atoms with van der Waals surface area (Å²) >= 11 is 10.4. The Labute approximate surface area is 257 Å². The van der Waals surface area contributed by atoms with Crippen molar-refractivity contribution in [2.24, 2.45) is 5.92 Å². The number of amides is 1. The Morgan fingerprint density at radius 1 is 0.927 bits per heavy atom. The summed E-state index contributed by atoms with van der Waals surface area (Å²) in [4.78, 5) is 28.1. The molecule has 4 rings (SSSR count). The molecule has 0 aromatic heterocycles. The SMILES string of the molecule is CN1C2CCC1C(c1ccc(Cl)cc1)C(C(=O)OCCc1ccc(NC(=O)CCCCCCCCCCS)cc1)C2. The van der Waals surface area contributed by atoms with Gasteiger partial charge in [-0.05, 0) is 80.3 Å². The number of unbranched alkanes of at least 4 members (excludes halogenated alkanes) is 7. The minimum atomic E-state index is -0.134. The zero-order chi connectivity index (χ0) is 29.0. The van der Waals surface area contributed by atoms with Crippen LogP contribution in [0.2, 0.25) is 5.02 Å². The molecule has 5 nitrogen and oxygen atoms in total. The van der Waals surface area contributed by atoms with Crippen molar-refractivity contribution in [3.8, 4) is 0 Å². The van der Waals surface area contributed by atoms with Crippen LogP contribution in [0.25, 0.3) is 0 Å². The first-order valence-corrected chi connectivity index (χ1v) is 16.6. The number of piperidine rings is 1. The zero-order valence-corrected chi connectivity index (χ0v) is 26.2. The molecule has 2 aromatic rings. The average molecular weight is 599 g/mol. The first-order chi connectivity index (χ1) is 20.0. The molecule has 2 fully saturated rings. The fourth-order valence-electron chi connectivity index (χ4n) is 6.66. The zero-order valence-electron chi connectivity index (χ0n) is 24.5. The molecule has 1 N–H and O–H groups in total. The molecule has 2 aliphatic heterocycles. The van der Waals surface area contributed by atoms with E-state index in [9.17, 15) is 9.59 Å². The first kappa shape index (κ1) is 31.9. The second-order valence-electron chi connectivity index (χ2n) is 11.8. The summed E-state index contributed by atoms with van der Waals surface area (Å²) in [6.45, 7) is 0.356. The van der Waals surface area contributed by atoms with Crippen molar-refractivity contribution in [3.05, 3.63) is 64.7 Å². The highest BCUT2D eigenvalue weighted by Gasteiger charge is 2.49. The van der Waals surface area contributed by atoms with Gasteiger partial charge in [0.05, 0.1) is 12.5 Å². The molecule has 2 heterocycles. The number of hydrogen-bond acceptors (Lipinski definition) is 5. The maximum Gasteiger partial charge on any atom is 0.309 e. The summed E-state index contributed by atoms with van der Waals surface area (Å²) < 4.78 is 5.86. The molecular weight excluding hydrogens is 552 g/mol. The number of fused-ring (bicyclic) bond motifs is 2. The van der Waals surface area contributed by atoms with Crippen molar-refractivity contribution in [1.82, 2.24) is 4.90 Å². The lowest BCUT2D eigenvalue weighted by atomic mass is 9.76. The van der Waals surface area contributed by atoms with Gasteiger partial charge in [0, 0.05) is 41.6 Å². The quantitative estimate of drug-likeness (QED) is 0.116. The summed E-state index contributed by atoms with van der Waals surface area (Å²) in [6.07, 6.45) is 13.9. The topological polar surface area (TPSA) is 58.6 Å². The number of ether oxygens (including phenoxy) is 1. The van der Waals surface area contributed by atoms with Gasteiger partial charge in [0.1, 0.15) is 0 Å². The van der Waals surface area contributed by atoms with E-state index in [-0.39, 0.29) is 23.7 Å². The number of benzene rings is 2. The molecule has 2 aliphatic rings. The number of hydrogen-bond donors (Lipinski definition) is 2. The highest BCUT2D eigenvalue weighted by Crippen LogP contribution is 2.47. The third-order valence-corrected chi connectivity index (χ3v) is 9.58. The highest BCUT2D eigenvalue weighted by molar-refractivity contribution is 7.80. The van der Waals surface area contributed by atoms with Crippen molar-refractivity contribution in [3.63, 3.8) is 0 Å². The first-order valence-electron chi connectivity index (χ1n) is 15.6. The minimum absolute atomic E-state index is 0.0720. The van der Waals surface area contributed by atoms with E-state index in [1.807, 2.05) is 36.4 Å². The van der Waals surface area contributed by atoms with Crippen LogP contribution in [0.1, 0.15) is 94.1 Å². The van der Waals surface area contributed by atoms with Crippen molar-refractivity contribution < 1.29 is 14.3 Å². The Hall–Kier alpha value is -2.02. The minimum Gasteiger partial charge on any atom is -0.465 e. The van der Waals surface area contributed by atoms with Crippen LogP contribution in [0.5, 0.6) is 0 Å². The standard InChI is InChI=1S/C34H47ClN2O3S/c1-37-29-19-20-31(37)33(26-13-15-27(35)16-14-26)30(24-29)34(39)40-22-21-25-11-17-28(18-12-25)36-32(38)10-8-6-4-2-3-5-7-9-23-41/h11-18,29-31,33,41H,2-10,19-24H2,1H3,(H,36,38). The van der Waals surface area contributed by atoms with Gasteiger partial charge in [-0.1, -0.05) is 74.4 Å². The number of likely N-dealkylation sites (N-methyl/N-ethyl adjacent to an activating group) is 1. The number of thiol groups is 1. The van der Waals surface area contributed by atoms with Gasteiger partial charge in [0.2, 0.25) is 5.91 Å². The third-order valence-electron chi connectivity index (χ3n) is 9.01. The summed E-state index contributed by atoms with van der Waals surface area (Å²) in [7, 11) is 2.19. The molecule has 1 amide bonds. The molecule has 224 valence electrons. The highest BCUT2D eigenvalue weighted by atomic mass is 35.5. The van der Waals surface area contributed by atoms with Gasteiger partial charge in [-0.3, -0.25) is 14.5 Å². The van der Waals surface area contributed by atoms with Crippen molar-refractivity contribution in [2.75, 3.05) is 24.7 Å². The molecule has 2 aromatic carbocycles. The smallest absolute Gasteiger partial charge is 0.309 e. The molecule has 0 spiro atoms. The maximum atomic E-state index is 13.3. The lowest BCUT2D eigenvalue weighted by Gasteiger charge is -2.42. The Morgan fingerprint density at radius 3 is 2.27 bits per heavy atom. The Morgan fingerprint density at radius 2 is 1.59 bits per heavy atom. The molecule has 2 saturated heterocycles. The van der Waals surface area contributed by atoms with Crippen LogP contribution in [0.4, 0.5) is 5.69 Å². The third kappa shape index (κ3) is 9.49. The number of rotatable bonds is 16. The van der Waals surface area contributed by atoms with Crippen LogP contribution in [0, 0.1) is 5.92 Å². The molecule has 0 aliphatic carbocycles. The molecule has 0 saturated carbocycles. The van der Waals surface area contributed by atoms with Crippen LogP contribution in [-0.2, 0) is 20.7 Å². The van der Waals surface area contributed by atoms with Crippen LogP contribution in [0.15, 0.2) is 48.5 Å². The van der Waals surface area contributed by atoms with Crippen LogP contribution in [-0.4, -0.2) is 48.3 Å². The Kier molecular flexibility index (Phi) is 12.9. The maximum absolute atomic E-state index is 13.3. The monoisotopic (exact) mass is 598 g/mol. The number of carbonyl (C=O) groups excluding carboxylic acids is 2. The second kappa shape index (κ2) is 16.6. The lowest BCUT2D eigenvalue weighted by molar-refractivity contribution is -0.152. The van der Waals surface area contributed by atoms with Gasteiger partial charge in [0.15, 0.2) is 0 Å². The molecule has 7 heteroatoms. The molecule has 2 bridgehead atoms. The fourth-order valence-corrected chi connectivity index (χ4v) is 7.01. The Balaban J connectivity index is 1.17. The number of nitrogens with one attached hydrogen (secondary N) is 1. The number of esters is 1. The van der Waals surface area contributed by atoms with E-state index in [0.717, 1.165) is 49.1 Å². The predicted octanol–water partition coefficient (Wildman–Crippen LogP) is 8.07. The van der Waals surface area contributed by atoms with Crippen LogP contribution < -0.4 is 5.32 Å². The van der Waals surface area contributed by atoms with Crippen LogP contribution in [0.3, 0.4) is 0 Å². The van der Waals surface area contributed by atoms with Gasteiger partial charge < -0.3 is 10.1 Å². The van der Waals surface area contributed by atoms with Gasteiger partial charge >= 0.3 is 5.97 Å². The number of halogens is 1. The number of carbonyl (C=O) groups is 2. The van der Waals surface area contributed by atoms with Crippen molar-refractivity contribution in [1.29, 1.82) is 0 Å². The van der Waals surface area contributed by atoms with Gasteiger partial charge in [-0.2, -0.15) is 12.6 Å². The predicted molar refractivity (Wildman–Crippen MR) is 172 cm³/mol. The summed E-state index contributed by atoms with van der Waals surface area (Å²) in [5.74, 6) is 0.958. The van der Waals surface area contributed by atoms with Gasteiger partial charge in [-0.25, -0.2) is 0 Å². The number of anilines is 1. The van der Waals surface area contributed by atoms with E-state index >= 15 is 0 Å². The van der Waals surface area contributed by atoms with Gasteiger partial charge in [-0.15, -0.1) is 0 Å². The second-order valence-corrected chi connectivity index (χ2v) is 12.7. The van der Waals surface area contributed by atoms with E-state index in [2.05, 4.69) is 42.0 Å². The van der Waals surface area contributed by atoms with E-state index in [4.69, 9.17) is 16.3 Å². The van der Waals surface area contributed by atoms with E-state index in [1.54, 1.807) is 0 Å². The summed E-state index contributed by atoms with van der Waals surface area (Å²) in [5.41, 5.74) is 3.07. The normalized spacial score (nSPS) is 22.0. The lowest BCUT2D eigenvalue weighted by Crippen LogP contribution is -2.48. The summed E-state index contributed by atoms with van der Waals surface area (Å²) in [5, 5.41) is 3.72. The van der Waals surface area contributed by atoms with E-state index < -0.39 is 0 Å². The molecule has 0 radical (unpaired) electrons. The molecule has 41 heavy (non-hydrogen) atoms. The van der Waals surface area contributed by atoms with Crippen molar-refractivity contribution >= 4 is 41.8 Å². The average Bonchev–Trinajstić information content (AvgIpc) is 3.19. The van der Waals surface area contributed by atoms with Gasteiger partial charge in [0.25, 0.3) is 0 Å². The van der Waals surface area contributed by atoms with Crippen molar-refractivity contribution in [2.45, 2.75) is 101 Å². The van der Waals surface area contributed by atoms with E-state index in [0.29, 0.717) is 36.6 Å². The molecular formula is C34H47ClN2O3S. The Bertz CT molecular complexity index is 1090. The molecule has 4 unspecified atom stereocenters. The fraction of sp³-hybridized carbons (Fsp3) is 0.588. The number of nitrogens with zero attached hydrogens (tertiary/aromatic N) is 1. The largest absolute Gasteiger partial charge is 0.465 e. The van der Waals surface area contributed by atoms with E-state index in [1.165, 1.54) is 44.1 Å². The molecule has 4 atom stereocenters.